The van der Waals surface area contributed by atoms with Crippen LogP contribution in [0.25, 0.3) is 0 Å². The van der Waals surface area contributed by atoms with Gasteiger partial charge in [0.1, 0.15) is 5.82 Å². The van der Waals surface area contributed by atoms with Crippen LogP contribution in [0.15, 0.2) is 47.5 Å². The largest absolute Gasteiger partial charge is 0.386 e. The number of aliphatic hydroxyl groups excluding tert-OH is 1. The third-order valence-corrected chi connectivity index (χ3v) is 4.29. The van der Waals surface area contributed by atoms with Gasteiger partial charge in [0, 0.05) is 29.7 Å². The molecule has 0 aliphatic heterocycles. The van der Waals surface area contributed by atoms with Crippen LogP contribution in [0, 0.1) is 5.82 Å². The molecule has 1 atom stereocenters. The minimum absolute atomic E-state index is 0. The van der Waals surface area contributed by atoms with Crippen LogP contribution in [0.3, 0.4) is 0 Å². The summed E-state index contributed by atoms with van der Waals surface area (Å²) in [4.78, 5) is 16.3. The van der Waals surface area contributed by atoms with Gasteiger partial charge in [-0.3, -0.25) is 9.79 Å². The van der Waals surface area contributed by atoms with Crippen molar-refractivity contribution in [1.82, 2.24) is 16.0 Å². The van der Waals surface area contributed by atoms with Gasteiger partial charge in [0.15, 0.2) is 5.96 Å². The number of halogens is 4. The molecule has 0 fully saturated rings. The zero-order chi connectivity index (χ0) is 21.2. The van der Waals surface area contributed by atoms with Gasteiger partial charge in [-0.1, -0.05) is 35.3 Å². The van der Waals surface area contributed by atoms with Gasteiger partial charge in [-0.05, 0) is 42.8 Å². The van der Waals surface area contributed by atoms with Gasteiger partial charge in [-0.15, -0.1) is 24.0 Å². The van der Waals surface area contributed by atoms with Crippen LogP contribution in [0.5, 0.6) is 0 Å². The van der Waals surface area contributed by atoms with Crippen molar-refractivity contribution in [3.05, 3.63) is 69.5 Å². The van der Waals surface area contributed by atoms with E-state index in [1.807, 2.05) is 6.92 Å². The summed E-state index contributed by atoms with van der Waals surface area (Å²) in [6.45, 7) is 3.25. The van der Waals surface area contributed by atoms with Crippen LogP contribution in [0.1, 0.15) is 28.9 Å². The number of nitrogens with zero attached hydrogens (tertiary/aromatic N) is 1. The van der Waals surface area contributed by atoms with Crippen molar-refractivity contribution in [2.24, 2.45) is 4.99 Å². The number of nitrogens with one attached hydrogen (secondary N) is 3. The molecular formula is C20H24Cl2FIN4O2. The summed E-state index contributed by atoms with van der Waals surface area (Å²) >= 11 is 11.9. The number of rotatable bonds is 8. The molecule has 0 spiro atoms. The van der Waals surface area contributed by atoms with Crippen molar-refractivity contribution in [2.75, 3.05) is 26.2 Å². The summed E-state index contributed by atoms with van der Waals surface area (Å²) < 4.78 is 13.6. The lowest BCUT2D eigenvalue weighted by Gasteiger charge is -2.14. The van der Waals surface area contributed by atoms with Crippen molar-refractivity contribution < 1.29 is 14.3 Å². The van der Waals surface area contributed by atoms with E-state index in [0.717, 1.165) is 0 Å². The fourth-order valence-corrected chi connectivity index (χ4v) is 3.03. The van der Waals surface area contributed by atoms with E-state index in [4.69, 9.17) is 23.2 Å². The number of aliphatic imine (C=N–C) groups is 1. The molecule has 1 amide bonds. The quantitative estimate of drug-likeness (QED) is 0.169. The Morgan fingerprint density at radius 1 is 1.10 bits per heavy atom. The summed E-state index contributed by atoms with van der Waals surface area (Å²) in [7, 11) is 0. The second-order valence-corrected chi connectivity index (χ2v) is 6.97. The number of aliphatic hydroxyl groups is 1. The second-order valence-electron chi connectivity index (χ2n) is 6.10. The molecule has 0 aliphatic rings. The van der Waals surface area contributed by atoms with Crippen LogP contribution in [-0.2, 0) is 0 Å². The zero-order valence-electron chi connectivity index (χ0n) is 16.3. The number of hydrogen-bond acceptors (Lipinski definition) is 3. The number of carbonyl (C=O) groups is 1. The van der Waals surface area contributed by atoms with Crippen LogP contribution in [0.4, 0.5) is 4.39 Å². The lowest BCUT2D eigenvalue weighted by atomic mass is 10.1. The van der Waals surface area contributed by atoms with Crippen molar-refractivity contribution in [2.45, 2.75) is 13.0 Å². The Morgan fingerprint density at radius 3 is 2.37 bits per heavy atom. The van der Waals surface area contributed by atoms with E-state index < -0.39 is 17.8 Å². The molecule has 164 valence electrons. The van der Waals surface area contributed by atoms with E-state index in [2.05, 4.69) is 20.9 Å². The van der Waals surface area contributed by atoms with Crippen LogP contribution < -0.4 is 16.0 Å². The number of amides is 1. The third-order valence-electron chi connectivity index (χ3n) is 3.86. The van der Waals surface area contributed by atoms with Gasteiger partial charge in [0.05, 0.1) is 18.2 Å². The average Bonchev–Trinajstić information content (AvgIpc) is 2.68. The highest BCUT2D eigenvalue weighted by atomic mass is 127. The SMILES string of the molecule is CCNC(=NCC(O)c1cc(Cl)cc(Cl)c1)NCCNC(=O)c1ccccc1F.I. The first kappa shape index (κ1) is 26.4. The predicted molar refractivity (Wildman–Crippen MR) is 130 cm³/mol. The predicted octanol–water partition coefficient (Wildman–Crippen LogP) is 3.77. The van der Waals surface area contributed by atoms with Gasteiger partial charge in [-0.25, -0.2) is 4.39 Å². The van der Waals surface area contributed by atoms with Gasteiger partial charge in [-0.2, -0.15) is 0 Å². The monoisotopic (exact) mass is 568 g/mol. The maximum atomic E-state index is 13.6. The highest BCUT2D eigenvalue weighted by Crippen LogP contribution is 2.23. The molecule has 6 nitrogen and oxygen atoms in total. The van der Waals surface area contributed by atoms with Crippen molar-refractivity contribution >= 4 is 59.0 Å². The highest BCUT2D eigenvalue weighted by molar-refractivity contribution is 14.0. The van der Waals surface area contributed by atoms with Gasteiger partial charge in [0.2, 0.25) is 0 Å². The van der Waals surface area contributed by atoms with Gasteiger partial charge < -0.3 is 21.1 Å². The Morgan fingerprint density at radius 2 is 1.73 bits per heavy atom. The molecule has 1 unspecified atom stereocenters. The minimum Gasteiger partial charge on any atom is -0.386 e. The van der Waals surface area contributed by atoms with Crippen LogP contribution >= 0.6 is 47.2 Å². The molecule has 30 heavy (non-hydrogen) atoms. The Kier molecular flexibility index (Phi) is 12.0. The van der Waals surface area contributed by atoms with Crippen molar-refractivity contribution in [3.8, 4) is 0 Å². The van der Waals surface area contributed by atoms with E-state index in [1.165, 1.54) is 18.2 Å². The fraction of sp³-hybridized carbons (Fsp3) is 0.300. The second kappa shape index (κ2) is 13.6. The molecule has 0 radical (unpaired) electrons. The first-order valence-electron chi connectivity index (χ1n) is 9.09. The molecule has 0 bridgehead atoms. The van der Waals surface area contributed by atoms with E-state index in [0.29, 0.717) is 34.7 Å². The van der Waals surface area contributed by atoms with Crippen LogP contribution in [-0.4, -0.2) is 43.2 Å². The van der Waals surface area contributed by atoms with E-state index in [-0.39, 0.29) is 42.6 Å². The summed E-state index contributed by atoms with van der Waals surface area (Å²) in [6.07, 6.45) is -0.873. The molecule has 2 rings (SSSR count). The van der Waals surface area contributed by atoms with E-state index >= 15 is 0 Å². The Balaban J connectivity index is 0.00000450. The lowest BCUT2D eigenvalue weighted by molar-refractivity contribution is 0.0950. The number of carbonyl (C=O) groups excluding carboxylic acids is 1. The maximum absolute atomic E-state index is 13.6. The topological polar surface area (TPSA) is 85.8 Å². The van der Waals surface area contributed by atoms with Gasteiger partial charge in [0.25, 0.3) is 5.91 Å². The fourth-order valence-electron chi connectivity index (χ4n) is 2.49. The van der Waals surface area contributed by atoms with E-state index in [9.17, 15) is 14.3 Å². The summed E-state index contributed by atoms with van der Waals surface area (Å²) in [5.74, 6) is -0.581. The Hall–Kier alpha value is -1.62. The Bertz CT molecular complexity index is 850. The molecule has 2 aromatic rings. The molecule has 2 aromatic carbocycles. The first-order chi connectivity index (χ1) is 13.9. The molecule has 4 N–H and O–H groups in total. The first-order valence-corrected chi connectivity index (χ1v) is 9.85. The number of benzene rings is 2. The van der Waals surface area contributed by atoms with Crippen molar-refractivity contribution in [3.63, 3.8) is 0 Å². The molecule has 0 aliphatic carbocycles. The summed E-state index contributed by atoms with van der Waals surface area (Å²) in [5.41, 5.74) is 0.565. The lowest BCUT2D eigenvalue weighted by Crippen LogP contribution is -2.41. The van der Waals surface area contributed by atoms with E-state index in [1.54, 1.807) is 24.3 Å². The van der Waals surface area contributed by atoms with Crippen LogP contribution in [0.2, 0.25) is 10.0 Å². The molecule has 0 heterocycles. The Labute approximate surface area is 202 Å². The zero-order valence-corrected chi connectivity index (χ0v) is 20.1. The van der Waals surface area contributed by atoms with Crippen molar-refractivity contribution in [1.29, 1.82) is 0 Å². The molecule has 0 saturated heterocycles. The highest BCUT2D eigenvalue weighted by Gasteiger charge is 2.11. The molecule has 0 aromatic heterocycles. The molecule has 10 heteroatoms. The minimum atomic E-state index is -0.873. The number of guanidine groups is 1. The standard InChI is InChI=1S/C20H23Cl2FN4O2.HI/c1-2-24-20(27-12-18(28)13-9-14(21)11-15(22)10-13)26-8-7-25-19(29)16-5-3-4-6-17(16)23;/h3-6,9-11,18,28H,2,7-8,12H2,1H3,(H,25,29)(H2,24,26,27);1H. The summed E-state index contributed by atoms with van der Waals surface area (Å²) in [5, 5.41) is 19.9. The average molecular weight is 569 g/mol. The third kappa shape index (κ3) is 8.63. The number of hydrogen-bond donors (Lipinski definition) is 4. The smallest absolute Gasteiger partial charge is 0.254 e. The molecule has 0 saturated carbocycles. The summed E-state index contributed by atoms with van der Waals surface area (Å²) in [6, 6.07) is 10.6. The maximum Gasteiger partial charge on any atom is 0.254 e. The molecular weight excluding hydrogens is 545 g/mol. The normalized spacial score (nSPS) is 12.0. The van der Waals surface area contributed by atoms with Gasteiger partial charge >= 0.3 is 0 Å².